The predicted octanol–water partition coefficient (Wildman–Crippen LogP) is 3.60. The molecular weight excluding hydrogens is 232 g/mol. The van der Waals surface area contributed by atoms with Gasteiger partial charge in [0.15, 0.2) is 0 Å². The van der Waals surface area contributed by atoms with Gasteiger partial charge in [-0.1, -0.05) is 37.3 Å². The fraction of sp³-hybridized carbons (Fsp3) is 0.500. The molecule has 2 bridgehead atoms. The number of ketones is 1. The molecule has 0 aromatic heterocycles. The van der Waals surface area contributed by atoms with Crippen molar-refractivity contribution in [3.8, 4) is 0 Å². The third-order valence-corrected chi connectivity index (χ3v) is 5.59. The van der Waals surface area contributed by atoms with Gasteiger partial charge in [0.1, 0.15) is 5.78 Å². The molecule has 0 heterocycles. The van der Waals surface area contributed by atoms with Crippen LogP contribution in [-0.4, -0.2) is 5.78 Å². The molecule has 19 heavy (non-hydrogen) atoms. The second-order valence-electron chi connectivity index (χ2n) is 6.54. The summed E-state index contributed by atoms with van der Waals surface area (Å²) in [5.41, 5.74) is 4.40. The van der Waals surface area contributed by atoms with E-state index in [-0.39, 0.29) is 5.41 Å². The molecule has 3 aliphatic carbocycles. The lowest BCUT2D eigenvalue weighted by atomic mass is 9.62. The van der Waals surface area contributed by atoms with Gasteiger partial charge in [-0.15, -0.1) is 0 Å². The van der Waals surface area contributed by atoms with Gasteiger partial charge in [0.25, 0.3) is 0 Å². The predicted molar refractivity (Wildman–Crippen MR) is 76.2 cm³/mol. The SMILES string of the molecule is CCc1cccc2c1CC(=O)CC21CC2C=CC1C2. The summed E-state index contributed by atoms with van der Waals surface area (Å²) in [6.07, 6.45) is 9.70. The molecule has 1 fully saturated rings. The Bertz CT molecular complexity index is 583. The molecule has 0 aliphatic heterocycles. The van der Waals surface area contributed by atoms with E-state index in [1.54, 1.807) is 0 Å². The Morgan fingerprint density at radius 1 is 1.32 bits per heavy atom. The number of aryl methyl sites for hydroxylation is 1. The molecule has 0 amide bonds. The number of rotatable bonds is 1. The molecule has 98 valence electrons. The number of hydrogen-bond acceptors (Lipinski definition) is 1. The van der Waals surface area contributed by atoms with E-state index in [0.29, 0.717) is 24.0 Å². The first-order valence-electron chi connectivity index (χ1n) is 7.54. The molecule has 0 N–H and O–H groups in total. The summed E-state index contributed by atoms with van der Waals surface area (Å²) in [5.74, 6) is 1.77. The number of Topliss-reactive ketones (excluding diaryl/α,β-unsaturated/α-hetero) is 1. The normalized spacial score (nSPS) is 35.1. The van der Waals surface area contributed by atoms with Crippen LogP contribution in [0.2, 0.25) is 0 Å². The highest BCUT2D eigenvalue weighted by Gasteiger charge is 2.52. The van der Waals surface area contributed by atoms with Crippen LogP contribution >= 0.6 is 0 Å². The highest BCUT2D eigenvalue weighted by molar-refractivity contribution is 5.86. The van der Waals surface area contributed by atoms with Crippen LogP contribution in [0.5, 0.6) is 0 Å². The lowest BCUT2D eigenvalue weighted by molar-refractivity contribution is -0.120. The minimum absolute atomic E-state index is 0.148. The molecule has 1 aromatic rings. The molecule has 1 aromatic carbocycles. The molecular formula is C18H20O. The standard InChI is InChI=1S/C18H20O/c1-2-13-4-3-5-17-16(13)9-15(19)11-18(17)10-12-6-7-14(18)8-12/h3-7,12,14H,2,8-11H2,1H3. The van der Waals surface area contributed by atoms with Gasteiger partial charge >= 0.3 is 0 Å². The minimum Gasteiger partial charge on any atom is -0.299 e. The number of carbonyl (C=O) groups is 1. The molecule has 4 rings (SSSR count). The number of fused-ring (bicyclic) bond motifs is 5. The van der Waals surface area contributed by atoms with E-state index in [9.17, 15) is 4.79 Å². The first-order chi connectivity index (χ1) is 9.23. The van der Waals surface area contributed by atoms with Gasteiger partial charge in [0.05, 0.1) is 0 Å². The van der Waals surface area contributed by atoms with Crippen LogP contribution in [0.4, 0.5) is 0 Å². The van der Waals surface area contributed by atoms with Gasteiger partial charge in [0, 0.05) is 18.3 Å². The molecule has 1 heteroatoms. The van der Waals surface area contributed by atoms with Crippen LogP contribution in [0, 0.1) is 11.8 Å². The Morgan fingerprint density at radius 2 is 2.21 bits per heavy atom. The maximum Gasteiger partial charge on any atom is 0.138 e. The van der Waals surface area contributed by atoms with Crippen molar-refractivity contribution in [1.29, 1.82) is 0 Å². The number of carbonyl (C=O) groups excluding carboxylic acids is 1. The van der Waals surface area contributed by atoms with Gasteiger partial charge in [-0.25, -0.2) is 0 Å². The first-order valence-corrected chi connectivity index (χ1v) is 7.54. The molecule has 3 unspecified atom stereocenters. The Hall–Kier alpha value is -1.37. The van der Waals surface area contributed by atoms with E-state index in [0.717, 1.165) is 12.8 Å². The van der Waals surface area contributed by atoms with E-state index in [2.05, 4.69) is 37.3 Å². The zero-order valence-electron chi connectivity index (χ0n) is 11.5. The molecule has 0 saturated heterocycles. The van der Waals surface area contributed by atoms with Gasteiger partial charge < -0.3 is 0 Å². The molecule has 0 radical (unpaired) electrons. The van der Waals surface area contributed by atoms with Gasteiger partial charge in [-0.05, 0) is 47.8 Å². The van der Waals surface area contributed by atoms with E-state index in [1.807, 2.05) is 0 Å². The Kier molecular flexibility index (Phi) is 2.30. The zero-order valence-corrected chi connectivity index (χ0v) is 11.5. The van der Waals surface area contributed by atoms with Gasteiger partial charge in [-0.3, -0.25) is 4.79 Å². The molecule has 1 nitrogen and oxygen atoms in total. The summed E-state index contributed by atoms with van der Waals surface area (Å²) in [7, 11) is 0. The quantitative estimate of drug-likeness (QED) is 0.698. The van der Waals surface area contributed by atoms with Crippen molar-refractivity contribution in [2.45, 2.75) is 44.4 Å². The summed E-state index contributed by atoms with van der Waals surface area (Å²) in [6.45, 7) is 2.20. The highest BCUT2D eigenvalue weighted by atomic mass is 16.1. The smallest absolute Gasteiger partial charge is 0.138 e. The van der Waals surface area contributed by atoms with Crippen molar-refractivity contribution in [3.05, 3.63) is 47.0 Å². The Morgan fingerprint density at radius 3 is 2.89 bits per heavy atom. The lowest BCUT2D eigenvalue weighted by Gasteiger charge is -2.41. The second-order valence-corrected chi connectivity index (χ2v) is 6.54. The van der Waals surface area contributed by atoms with Crippen molar-refractivity contribution in [1.82, 2.24) is 0 Å². The van der Waals surface area contributed by atoms with Crippen LogP contribution < -0.4 is 0 Å². The average Bonchev–Trinajstić information content (AvgIpc) is 2.99. The minimum atomic E-state index is 0.148. The van der Waals surface area contributed by atoms with Crippen molar-refractivity contribution in [2.24, 2.45) is 11.8 Å². The summed E-state index contributed by atoms with van der Waals surface area (Å²) >= 11 is 0. The van der Waals surface area contributed by atoms with Crippen molar-refractivity contribution >= 4 is 5.78 Å². The highest BCUT2D eigenvalue weighted by Crippen LogP contribution is 2.57. The summed E-state index contributed by atoms with van der Waals surface area (Å²) in [6, 6.07) is 6.70. The monoisotopic (exact) mass is 252 g/mol. The van der Waals surface area contributed by atoms with Crippen LogP contribution in [-0.2, 0) is 23.1 Å². The maximum atomic E-state index is 12.3. The van der Waals surface area contributed by atoms with Crippen molar-refractivity contribution < 1.29 is 4.79 Å². The van der Waals surface area contributed by atoms with E-state index in [1.165, 1.54) is 29.5 Å². The summed E-state index contributed by atoms with van der Waals surface area (Å²) in [5, 5.41) is 0. The average molecular weight is 252 g/mol. The summed E-state index contributed by atoms with van der Waals surface area (Å²) < 4.78 is 0. The number of hydrogen-bond donors (Lipinski definition) is 0. The van der Waals surface area contributed by atoms with Crippen molar-refractivity contribution in [2.75, 3.05) is 0 Å². The Labute approximate surface area is 114 Å². The summed E-state index contributed by atoms with van der Waals surface area (Å²) in [4.78, 5) is 12.3. The third kappa shape index (κ3) is 1.45. The van der Waals surface area contributed by atoms with Gasteiger partial charge in [-0.2, -0.15) is 0 Å². The van der Waals surface area contributed by atoms with Gasteiger partial charge in [0.2, 0.25) is 0 Å². The van der Waals surface area contributed by atoms with Crippen LogP contribution in [0.1, 0.15) is 42.9 Å². The lowest BCUT2D eigenvalue weighted by Crippen LogP contribution is -2.39. The number of benzene rings is 1. The van der Waals surface area contributed by atoms with Crippen LogP contribution in [0.3, 0.4) is 0 Å². The van der Waals surface area contributed by atoms with E-state index >= 15 is 0 Å². The third-order valence-electron chi connectivity index (χ3n) is 5.59. The fourth-order valence-electron chi connectivity index (χ4n) is 4.82. The zero-order chi connectivity index (χ0) is 13.0. The second kappa shape index (κ2) is 3.82. The molecule has 1 spiro atoms. The molecule has 1 saturated carbocycles. The maximum absolute atomic E-state index is 12.3. The van der Waals surface area contributed by atoms with Crippen LogP contribution in [0.25, 0.3) is 0 Å². The van der Waals surface area contributed by atoms with E-state index in [4.69, 9.17) is 0 Å². The topological polar surface area (TPSA) is 17.1 Å². The van der Waals surface area contributed by atoms with E-state index < -0.39 is 0 Å². The Balaban J connectivity index is 1.92. The molecule has 3 atom stereocenters. The fourth-order valence-corrected chi connectivity index (χ4v) is 4.82. The van der Waals surface area contributed by atoms with Crippen LogP contribution in [0.15, 0.2) is 30.4 Å². The number of allylic oxidation sites excluding steroid dienone is 2. The largest absolute Gasteiger partial charge is 0.299 e. The first kappa shape index (κ1) is 11.5. The molecule has 3 aliphatic rings. The van der Waals surface area contributed by atoms with Crippen molar-refractivity contribution in [3.63, 3.8) is 0 Å².